The predicted octanol–water partition coefficient (Wildman–Crippen LogP) is 10.5. The van der Waals surface area contributed by atoms with Crippen LogP contribution in [0.2, 0.25) is 0 Å². The smallest absolute Gasteiger partial charge is 0.452 e. The summed E-state index contributed by atoms with van der Waals surface area (Å²) in [5.41, 5.74) is -13.1. The fourth-order valence-electron chi connectivity index (χ4n) is 4.80. The minimum atomic E-state index is -8.07. The largest absolute Gasteiger partial charge is 0.456 e. The second kappa shape index (κ2) is 26.3. The van der Waals surface area contributed by atoms with Crippen LogP contribution in [-0.4, -0.2) is 166 Å². The molecule has 0 aromatic heterocycles. The molecule has 0 aromatic rings. The zero-order chi connectivity index (χ0) is 63.5. The van der Waals surface area contributed by atoms with Crippen LogP contribution in [0.4, 0.5) is 123 Å². The summed E-state index contributed by atoms with van der Waals surface area (Å²) >= 11 is 0. The highest BCUT2D eigenvalue weighted by atomic mass is 19.4. The van der Waals surface area contributed by atoms with Crippen molar-refractivity contribution in [2.75, 3.05) is 52.9 Å². The van der Waals surface area contributed by atoms with Gasteiger partial charge < -0.3 is 33.2 Å². The van der Waals surface area contributed by atoms with Gasteiger partial charge in [-0.1, -0.05) is 26.3 Å². The SMILES string of the molecule is C=CC(=O)OCC(F)(F)C(F)(F)OCCCOCC1(F)CCC(F)(F)C(F)(C(F)(F)OC(F)(F)C(F)(COC(F)(F)C(F)(F)COC(=O)C=C)OC(F)(F)C(F)(F)COC(=O)C=C)C1(F)F.C=CC(=O)OCC(F)(F)C(F)(F)OF. The van der Waals surface area contributed by atoms with E-state index in [-0.39, 0.29) is 18.2 Å². The van der Waals surface area contributed by atoms with Crippen molar-refractivity contribution in [3.8, 4) is 0 Å². The van der Waals surface area contributed by atoms with Crippen LogP contribution in [0, 0.1) is 0 Å². The molecular weight excluding hydrogens is 1210 g/mol. The number of ether oxygens (including phenoxy) is 9. The summed E-state index contributed by atoms with van der Waals surface area (Å²) in [6.45, 7) is -9.92. The van der Waals surface area contributed by atoms with Crippen molar-refractivity contribution < 1.29 is 190 Å². The lowest BCUT2D eigenvalue weighted by atomic mass is 9.70. The Morgan fingerprint density at radius 1 is 0.438 bits per heavy atom. The third kappa shape index (κ3) is 17.1. The van der Waals surface area contributed by atoms with Crippen molar-refractivity contribution in [3.63, 3.8) is 0 Å². The number of alkyl halides is 27. The monoisotopic (exact) mass is 1250 g/mol. The third-order valence-corrected chi connectivity index (χ3v) is 9.25. The average Bonchev–Trinajstić information content (AvgIpc) is 3.34. The second-order valence-corrected chi connectivity index (χ2v) is 15.1. The Kier molecular flexibility index (Phi) is 24.5. The van der Waals surface area contributed by atoms with Crippen LogP contribution in [0.5, 0.6) is 0 Å². The van der Waals surface area contributed by atoms with Crippen molar-refractivity contribution in [1.82, 2.24) is 0 Å². The van der Waals surface area contributed by atoms with E-state index in [1.165, 1.54) is 0 Å². The highest BCUT2D eigenvalue weighted by Gasteiger charge is 2.91. The van der Waals surface area contributed by atoms with Crippen LogP contribution in [0.15, 0.2) is 50.6 Å². The van der Waals surface area contributed by atoms with Gasteiger partial charge in [-0.05, 0) is 17.4 Å². The summed E-state index contributed by atoms with van der Waals surface area (Å²) in [5, 5.41) is 0. The van der Waals surface area contributed by atoms with Gasteiger partial charge in [0.15, 0.2) is 26.4 Å². The second-order valence-electron chi connectivity index (χ2n) is 15.1. The van der Waals surface area contributed by atoms with E-state index >= 15 is 39.5 Å². The molecule has 1 rings (SSSR count). The molecule has 0 N–H and O–H groups in total. The van der Waals surface area contributed by atoms with E-state index in [1.54, 1.807) is 4.94 Å². The number of carbonyl (C=O) groups excluding carboxylic acids is 4. The maximum Gasteiger partial charge on any atom is 0.452 e. The Balaban J connectivity index is 0.00000388. The molecule has 0 spiro atoms. The average molecular weight is 1250 g/mol. The molecule has 466 valence electrons. The number of halogens is 28. The number of esters is 4. The number of carbonyl (C=O) groups is 4. The molecule has 0 saturated heterocycles. The fourth-order valence-corrected chi connectivity index (χ4v) is 4.80. The molecule has 0 aliphatic heterocycles. The van der Waals surface area contributed by atoms with Gasteiger partial charge >= 0.3 is 102 Å². The molecule has 42 heteroatoms. The van der Waals surface area contributed by atoms with E-state index < -0.39 is 185 Å². The zero-order valence-electron chi connectivity index (χ0n) is 38.7. The van der Waals surface area contributed by atoms with Gasteiger partial charge in [-0.25, -0.2) is 41.5 Å². The minimum Gasteiger partial charge on any atom is -0.456 e. The van der Waals surface area contributed by atoms with Gasteiger partial charge in [0.2, 0.25) is 5.67 Å². The molecule has 0 bridgehead atoms. The first kappa shape index (κ1) is 74.6. The van der Waals surface area contributed by atoms with E-state index in [0.717, 1.165) is 0 Å². The van der Waals surface area contributed by atoms with Gasteiger partial charge in [-0.3, -0.25) is 4.74 Å². The van der Waals surface area contributed by atoms with Gasteiger partial charge in [-0.2, -0.15) is 101 Å². The first-order valence-electron chi connectivity index (χ1n) is 20.0. The van der Waals surface area contributed by atoms with Crippen LogP contribution in [-0.2, 0) is 66.8 Å². The van der Waals surface area contributed by atoms with Crippen LogP contribution in [0.3, 0.4) is 0 Å². The van der Waals surface area contributed by atoms with E-state index in [1.807, 2.05) is 4.74 Å². The summed E-state index contributed by atoms with van der Waals surface area (Å²) in [5.74, 6) is -51.3. The standard InChI is InChI=1S/C32H29F23O11.C6H5F5O3/c1-4-17(56)60-13-22(36,37)28(46,47)63-11-7-10-59-12-20(33)8-9-21(34,35)26(43,27(20,44)45)32(54,55)66-31(52,53)25(42,65-30(50,51)24(40,41)15-62-19(58)6-3)16-64-29(48,49)23(38,39)14-61-18(57)5-2;1-2-4(12)13-3-5(7,8)6(9,10)14-11/h4-6H,1-3,7-16H2;2H,1,3H2. The maximum absolute atomic E-state index is 15.8. The lowest BCUT2D eigenvalue weighted by Crippen LogP contribution is -2.78. The lowest BCUT2D eigenvalue weighted by Gasteiger charge is -2.51. The highest BCUT2D eigenvalue weighted by molar-refractivity contribution is 5.82. The van der Waals surface area contributed by atoms with E-state index in [4.69, 9.17) is 0 Å². The van der Waals surface area contributed by atoms with E-state index in [9.17, 15) is 103 Å². The summed E-state index contributed by atoms with van der Waals surface area (Å²) < 4.78 is 426. The summed E-state index contributed by atoms with van der Waals surface area (Å²) in [6.07, 6.45) is -47.1. The Morgan fingerprint density at radius 3 is 1.15 bits per heavy atom. The van der Waals surface area contributed by atoms with Gasteiger partial charge in [0.05, 0.1) is 13.2 Å². The first-order chi connectivity index (χ1) is 35.7. The van der Waals surface area contributed by atoms with Crippen LogP contribution < -0.4 is 0 Å². The molecular formula is C38H34F28O14. The summed E-state index contributed by atoms with van der Waals surface area (Å²) in [7, 11) is 0. The zero-order valence-corrected chi connectivity index (χ0v) is 38.7. The quantitative estimate of drug-likeness (QED) is 0.0201. The molecule has 3 atom stereocenters. The molecule has 0 radical (unpaired) electrons. The number of hydrogen-bond acceptors (Lipinski definition) is 14. The van der Waals surface area contributed by atoms with Crippen LogP contribution in [0.25, 0.3) is 0 Å². The third-order valence-electron chi connectivity index (χ3n) is 9.25. The lowest BCUT2D eigenvalue weighted by molar-refractivity contribution is -0.534. The maximum atomic E-state index is 15.8. The van der Waals surface area contributed by atoms with E-state index in [0.29, 0.717) is 6.08 Å². The van der Waals surface area contributed by atoms with Crippen LogP contribution >= 0.6 is 0 Å². The first-order valence-corrected chi connectivity index (χ1v) is 20.0. The van der Waals surface area contributed by atoms with Gasteiger partial charge in [0.1, 0.15) is 6.61 Å². The topological polar surface area (TPSA) is 161 Å². The molecule has 80 heavy (non-hydrogen) atoms. The molecule has 1 saturated carbocycles. The van der Waals surface area contributed by atoms with Crippen molar-refractivity contribution in [2.24, 2.45) is 0 Å². The Bertz CT molecular complexity index is 2160. The fraction of sp³-hybridized carbons (Fsp3) is 0.684. The van der Waals surface area contributed by atoms with Gasteiger partial charge in [-0.15, -0.1) is 4.94 Å². The molecule has 0 aromatic carbocycles. The highest BCUT2D eigenvalue weighted by Crippen LogP contribution is 2.65. The van der Waals surface area contributed by atoms with Crippen molar-refractivity contribution in [2.45, 2.75) is 109 Å². The summed E-state index contributed by atoms with van der Waals surface area (Å²) in [6, 6.07) is 0. The molecule has 14 nitrogen and oxygen atoms in total. The minimum absolute atomic E-state index is 0.00588. The molecule has 1 fully saturated rings. The van der Waals surface area contributed by atoms with Gasteiger partial charge in [0.25, 0.3) is 5.92 Å². The molecule has 0 amide bonds. The Labute approximate surface area is 426 Å². The molecule has 3 unspecified atom stereocenters. The Hall–Kier alpha value is -5.36. The summed E-state index contributed by atoms with van der Waals surface area (Å²) in [4.78, 5) is 44.8. The van der Waals surface area contributed by atoms with E-state index in [2.05, 4.69) is 64.2 Å². The van der Waals surface area contributed by atoms with Crippen molar-refractivity contribution in [3.05, 3.63) is 50.6 Å². The number of rotatable bonds is 33. The van der Waals surface area contributed by atoms with Crippen LogP contribution in [0.1, 0.15) is 19.3 Å². The normalized spacial score (nSPS) is 20.2. The Morgan fingerprint density at radius 2 is 0.787 bits per heavy atom. The van der Waals surface area contributed by atoms with Crippen molar-refractivity contribution in [1.29, 1.82) is 0 Å². The predicted molar refractivity (Wildman–Crippen MR) is 196 cm³/mol. The number of hydrogen-bond donors (Lipinski definition) is 0. The molecule has 1 aliphatic carbocycles. The molecule has 0 heterocycles. The van der Waals surface area contributed by atoms with Crippen molar-refractivity contribution >= 4 is 23.9 Å². The molecule has 1 aliphatic rings. The van der Waals surface area contributed by atoms with Gasteiger partial charge in [0, 0.05) is 37.3 Å².